The van der Waals surface area contributed by atoms with E-state index in [1.54, 1.807) is 0 Å². The van der Waals surface area contributed by atoms with E-state index in [0.29, 0.717) is 19.1 Å². The molecule has 2 N–H and O–H groups in total. The van der Waals surface area contributed by atoms with Crippen LogP contribution in [0.4, 0.5) is 5.69 Å². The number of ether oxygens (including phenoxy) is 2. The predicted octanol–water partition coefficient (Wildman–Crippen LogP) is 2.90. The van der Waals surface area contributed by atoms with Crippen molar-refractivity contribution < 1.29 is 9.47 Å². The van der Waals surface area contributed by atoms with Gasteiger partial charge < -0.3 is 20.1 Å². The highest BCUT2D eigenvalue weighted by Crippen LogP contribution is 2.30. The van der Waals surface area contributed by atoms with Crippen molar-refractivity contribution in [2.75, 3.05) is 38.2 Å². The summed E-state index contributed by atoms with van der Waals surface area (Å²) in [6.45, 7) is 8.56. The maximum atomic E-state index is 5.64. The lowest BCUT2D eigenvalue weighted by molar-refractivity contribution is 0.288. The number of nitrogens with one attached hydrogen (secondary N) is 2. The molecule has 4 nitrogen and oxygen atoms in total. The molecule has 0 amide bonds. The average Bonchev–Trinajstić information content (AvgIpc) is 2.49. The van der Waals surface area contributed by atoms with Crippen molar-refractivity contribution in [2.45, 2.75) is 26.7 Å². The van der Waals surface area contributed by atoms with Gasteiger partial charge in [-0.1, -0.05) is 0 Å². The summed E-state index contributed by atoms with van der Waals surface area (Å²) in [4.78, 5) is 0. The molecule has 2 rings (SSSR count). The maximum absolute atomic E-state index is 5.64. The molecular weight excluding hydrogens is 252 g/mol. The van der Waals surface area contributed by atoms with Crippen molar-refractivity contribution in [1.82, 2.24) is 5.32 Å². The van der Waals surface area contributed by atoms with Gasteiger partial charge in [0.05, 0.1) is 13.2 Å². The first-order valence-corrected chi connectivity index (χ1v) is 7.67. The molecule has 112 valence electrons. The van der Waals surface area contributed by atoms with E-state index in [1.165, 1.54) is 12.8 Å². The molecule has 1 heterocycles. The molecule has 1 aliphatic heterocycles. The lowest BCUT2D eigenvalue weighted by Crippen LogP contribution is -2.33. The maximum Gasteiger partial charge on any atom is 0.163 e. The Labute approximate surface area is 121 Å². The normalized spacial score (nSPS) is 18.6. The molecule has 1 saturated heterocycles. The molecule has 0 aliphatic carbocycles. The molecular formula is C16H26N2O2. The Kier molecular flexibility index (Phi) is 5.99. The number of anilines is 1. The van der Waals surface area contributed by atoms with Crippen molar-refractivity contribution in [1.29, 1.82) is 0 Å². The van der Waals surface area contributed by atoms with Gasteiger partial charge in [-0.25, -0.2) is 0 Å². The summed E-state index contributed by atoms with van der Waals surface area (Å²) in [6.07, 6.45) is 2.58. The molecule has 4 heteroatoms. The van der Waals surface area contributed by atoms with E-state index in [4.69, 9.17) is 9.47 Å². The van der Waals surface area contributed by atoms with Crippen LogP contribution in [-0.4, -0.2) is 32.8 Å². The SMILES string of the molecule is CCOc1ccc(NCC2CCCNC2)cc1OCC. The minimum atomic E-state index is 0.649. The summed E-state index contributed by atoms with van der Waals surface area (Å²) >= 11 is 0. The third-order valence-corrected chi connectivity index (χ3v) is 3.54. The van der Waals surface area contributed by atoms with E-state index >= 15 is 0 Å². The van der Waals surface area contributed by atoms with Crippen LogP contribution in [0.1, 0.15) is 26.7 Å². The standard InChI is InChI=1S/C16H26N2O2/c1-3-19-15-8-7-14(10-16(15)20-4-2)18-12-13-6-5-9-17-11-13/h7-8,10,13,17-18H,3-6,9,11-12H2,1-2H3. The van der Waals surface area contributed by atoms with E-state index in [1.807, 2.05) is 26.0 Å². The monoisotopic (exact) mass is 278 g/mol. The Bertz CT molecular complexity index is 403. The zero-order chi connectivity index (χ0) is 14.2. The zero-order valence-electron chi connectivity index (χ0n) is 12.6. The van der Waals surface area contributed by atoms with Gasteiger partial charge in [-0.05, 0) is 57.8 Å². The van der Waals surface area contributed by atoms with Crippen LogP contribution in [0.5, 0.6) is 11.5 Å². The molecule has 1 fully saturated rings. The van der Waals surface area contributed by atoms with Crippen LogP contribution in [0.3, 0.4) is 0 Å². The third-order valence-electron chi connectivity index (χ3n) is 3.54. The topological polar surface area (TPSA) is 42.5 Å². The molecule has 1 aliphatic rings. The van der Waals surface area contributed by atoms with Gasteiger partial charge in [-0.2, -0.15) is 0 Å². The van der Waals surface area contributed by atoms with Crippen molar-refractivity contribution in [3.63, 3.8) is 0 Å². The molecule has 20 heavy (non-hydrogen) atoms. The fraction of sp³-hybridized carbons (Fsp3) is 0.625. The van der Waals surface area contributed by atoms with Crippen LogP contribution in [-0.2, 0) is 0 Å². The number of benzene rings is 1. The Morgan fingerprint density at radius 3 is 2.70 bits per heavy atom. The number of piperidine rings is 1. The number of hydrogen-bond acceptors (Lipinski definition) is 4. The molecule has 1 aromatic carbocycles. The van der Waals surface area contributed by atoms with Crippen LogP contribution >= 0.6 is 0 Å². The van der Waals surface area contributed by atoms with Crippen molar-refractivity contribution in [3.8, 4) is 11.5 Å². The van der Waals surface area contributed by atoms with Gasteiger partial charge in [0.1, 0.15) is 0 Å². The largest absolute Gasteiger partial charge is 0.490 e. The van der Waals surface area contributed by atoms with E-state index in [0.717, 1.165) is 36.8 Å². The highest BCUT2D eigenvalue weighted by Gasteiger charge is 2.13. The van der Waals surface area contributed by atoms with E-state index in [-0.39, 0.29) is 0 Å². The van der Waals surface area contributed by atoms with E-state index in [2.05, 4.69) is 16.7 Å². The van der Waals surface area contributed by atoms with Gasteiger partial charge in [0.15, 0.2) is 11.5 Å². The Morgan fingerprint density at radius 1 is 1.20 bits per heavy atom. The second kappa shape index (κ2) is 8.00. The van der Waals surface area contributed by atoms with Gasteiger partial charge in [0, 0.05) is 18.3 Å². The molecule has 0 aromatic heterocycles. The molecule has 1 atom stereocenters. The van der Waals surface area contributed by atoms with Gasteiger partial charge >= 0.3 is 0 Å². The number of hydrogen-bond donors (Lipinski definition) is 2. The molecule has 0 spiro atoms. The quantitative estimate of drug-likeness (QED) is 0.805. The summed E-state index contributed by atoms with van der Waals surface area (Å²) in [7, 11) is 0. The lowest BCUT2D eigenvalue weighted by Gasteiger charge is -2.23. The summed E-state index contributed by atoms with van der Waals surface area (Å²) < 4.78 is 11.2. The Balaban J connectivity index is 1.94. The third kappa shape index (κ3) is 4.30. The van der Waals surface area contributed by atoms with E-state index < -0.39 is 0 Å². The Morgan fingerprint density at radius 2 is 2.00 bits per heavy atom. The second-order valence-electron chi connectivity index (χ2n) is 5.12. The fourth-order valence-corrected chi connectivity index (χ4v) is 2.52. The van der Waals surface area contributed by atoms with Gasteiger partial charge in [-0.15, -0.1) is 0 Å². The predicted molar refractivity (Wildman–Crippen MR) is 82.9 cm³/mol. The Hall–Kier alpha value is -1.42. The summed E-state index contributed by atoms with van der Waals surface area (Å²) in [5.41, 5.74) is 1.10. The summed E-state index contributed by atoms with van der Waals surface area (Å²) in [5, 5.41) is 6.95. The number of rotatable bonds is 7. The van der Waals surface area contributed by atoms with Crippen LogP contribution in [0.25, 0.3) is 0 Å². The average molecular weight is 278 g/mol. The summed E-state index contributed by atoms with van der Waals surface area (Å²) in [5.74, 6) is 2.35. The summed E-state index contributed by atoms with van der Waals surface area (Å²) in [6, 6.07) is 6.07. The van der Waals surface area contributed by atoms with Gasteiger partial charge in [-0.3, -0.25) is 0 Å². The highest BCUT2D eigenvalue weighted by atomic mass is 16.5. The highest BCUT2D eigenvalue weighted by molar-refractivity contribution is 5.54. The molecule has 0 radical (unpaired) electrons. The minimum Gasteiger partial charge on any atom is -0.490 e. The first-order valence-electron chi connectivity index (χ1n) is 7.67. The van der Waals surface area contributed by atoms with Crippen LogP contribution in [0, 0.1) is 5.92 Å². The van der Waals surface area contributed by atoms with E-state index in [9.17, 15) is 0 Å². The first kappa shape index (κ1) is 15.0. The van der Waals surface area contributed by atoms with Crippen LogP contribution in [0.2, 0.25) is 0 Å². The van der Waals surface area contributed by atoms with Crippen molar-refractivity contribution >= 4 is 5.69 Å². The van der Waals surface area contributed by atoms with Crippen molar-refractivity contribution in [2.24, 2.45) is 5.92 Å². The zero-order valence-corrected chi connectivity index (χ0v) is 12.6. The van der Waals surface area contributed by atoms with Gasteiger partial charge in [0.2, 0.25) is 0 Å². The molecule has 0 saturated carbocycles. The molecule has 0 bridgehead atoms. The van der Waals surface area contributed by atoms with Crippen LogP contribution in [0.15, 0.2) is 18.2 Å². The minimum absolute atomic E-state index is 0.649. The smallest absolute Gasteiger partial charge is 0.163 e. The van der Waals surface area contributed by atoms with Crippen LogP contribution < -0.4 is 20.1 Å². The second-order valence-corrected chi connectivity index (χ2v) is 5.12. The fourth-order valence-electron chi connectivity index (χ4n) is 2.52. The molecule has 1 unspecified atom stereocenters. The molecule has 1 aromatic rings. The first-order chi connectivity index (χ1) is 9.83. The van der Waals surface area contributed by atoms with Gasteiger partial charge in [0.25, 0.3) is 0 Å². The van der Waals surface area contributed by atoms with Crippen molar-refractivity contribution in [3.05, 3.63) is 18.2 Å². The lowest BCUT2D eigenvalue weighted by atomic mass is 10.00.